The van der Waals surface area contributed by atoms with Crippen molar-refractivity contribution in [3.05, 3.63) is 65.6 Å². The molecule has 2 aromatic carbocycles. The summed E-state index contributed by atoms with van der Waals surface area (Å²) in [4.78, 5) is 19.6. The number of ether oxygens (including phenoxy) is 1. The molecule has 1 aliphatic carbocycles. The van der Waals surface area contributed by atoms with E-state index in [2.05, 4.69) is 0 Å². The van der Waals surface area contributed by atoms with Gasteiger partial charge in [0.2, 0.25) is 0 Å². The molecule has 1 fully saturated rings. The summed E-state index contributed by atoms with van der Waals surface area (Å²) in [6, 6.07) is 14.0. The Morgan fingerprint density at radius 1 is 1.19 bits per heavy atom. The lowest BCUT2D eigenvalue weighted by atomic mass is 10.0. The topological polar surface area (TPSA) is 42.4 Å². The van der Waals surface area contributed by atoms with Crippen molar-refractivity contribution in [2.45, 2.75) is 25.7 Å². The van der Waals surface area contributed by atoms with Gasteiger partial charge in [0.25, 0.3) is 0 Å². The highest BCUT2D eigenvalue weighted by Crippen LogP contribution is 2.45. The van der Waals surface area contributed by atoms with E-state index < -0.39 is 0 Å². The Balaban J connectivity index is 1.98. The van der Waals surface area contributed by atoms with E-state index in [1.165, 1.54) is 12.1 Å². The zero-order chi connectivity index (χ0) is 19.0. The van der Waals surface area contributed by atoms with Crippen LogP contribution in [0.4, 0.5) is 15.8 Å². The molecular formula is C22H21FN2O2. The van der Waals surface area contributed by atoms with Gasteiger partial charge in [0, 0.05) is 24.0 Å². The van der Waals surface area contributed by atoms with Crippen LogP contribution < -0.4 is 4.90 Å². The minimum atomic E-state index is -0.360. The molecule has 0 saturated heterocycles. The van der Waals surface area contributed by atoms with Crippen LogP contribution in [0.5, 0.6) is 0 Å². The molecule has 0 atom stereocenters. The van der Waals surface area contributed by atoms with Crippen LogP contribution in [0.2, 0.25) is 0 Å². The number of nitrogens with zero attached hydrogens (tertiary/aromatic N) is 2. The predicted molar refractivity (Wildman–Crippen MR) is 104 cm³/mol. The molecule has 1 saturated carbocycles. The third-order valence-electron chi connectivity index (χ3n) is 4.89. The van der Waals surface area contributed by atoms with Gasteiger partial charge in [0.05, 0.1) is 23.5 Å². The molecular weight excluding hydrogens is 343 g/mol. The van der Waals surface area contributed by atoms with Crippen LogP contribution in [-0.4, -0.2) is 24.6 Å². The lowest BCUT2D eigenvalue weighted by molar-refractivity contribution is 0.0525. The highest BCUT2D eigenvalue weighted by molar-refractivity contribution is 6.07. The molecule has 0 N–H and O–H groups in total. The first-order chi connectivity index (χ1) is 13.1. The molecule has 0 aliphatic heterocycles. The molecule has 5 heteroatoms. The van der Waals surface area contributed by atoms with E-state index >= 15 is 0 Å². The molecule has 27 heavy (non-hydrogen) atoms. The van der Waals surface area contributed by atoms with Crippen molar-refractivity contribution in [3.63, 3.8) is 0 Å². The molecule has 0 amide bonds. The molecule has 0 radical (unpaired) electrons. The third kappa shape index (κ3) is 3.25. The normalized spacial score (nSPS) is 13.6. The SMILES string of the molecule is CCOC(=O)c1c(C2CC2)nc2ccccc2c1N(C)c1ccc(F)cc1. The van der Waals surface area contributed by atoms with Gasteiger partial charge in [-0.3, -0.25) is 4.98 Å². The Bertz CT molecular complexity index is 997. The summed E-state index contributed by atoms with van der Waals surface area (Å²) in [5, 5.41) is 0.872. The van der Waals surface area contributed by atoms with Crippen LogP contribution in [0.15, 0.2) is 48.5 Å². The van der Waals surface area contributed by atoms with E-state index in [1.807, 2.05) is 36.2 Å². The number of anilines is 2. The second kappa shape index (κ2) is 6.99. The molecule has 4 nitrogen and oxygen atoms in total. The van der Waals surface area contributed by atoms with Crippen molar-refractivity contribution >= 4 is 28.2 Å². The van der Waals surface area contributed by atoms with Gasteiger partial charge in [-0.15, -0.1) is 0 Å². The van der Waals surface area contributed by atoms with Crippen LogP contribution in [0.1, 0.15) is 41.7 Å². The van der Waals surface area contributed by atoms with E-state index in [1.54, 1.807) is 19.1 Å². The highest BCUT2D eigenvalue weighted by Gasteiger charge is 2.34. The highest BCUT2D eigenvalue weighted by atomic mass is 19.1. The van der Waals surface area contributed by atoms with Crippen LogP contribution in [0, 0.1) is 5.82 Å². The summed E-state index contributed by atoms with van der Waals surface area (Å²) < 4.78 is 18.8. The monoisotopic (exact) mass is 364 g/mol. The van der Waals surface area contributed by atoms with Gasteiger partial charge in [-0.05, 0) is 50.1 Å². The minimum absolute atomic E-state index is 0.286. The van der Waals surface area contributed by atoms with Crippen molar-refractivity contribution in [3.8, 4) is 0 Å². The molecule has 1 heterocycles. The lowest BCUT2D eigenvalue weighted by Gasteiger charge is -2.25. The second-order valence-corrected chi connectivity index (χ2v) is 6.77. The van der Waals surface area contributed by atoms with Crippen LogP contribution in [0.25, 0.3) is 10.9 Å². The number of carbonyl (C=O) groups is 1. The van der Waals surface area contributed by atoms with E-state index in [-0.39, 0.29) is 17.7 Å². The van der Waals surface area contributed by atoms with Crippen molar-refractivity contribution in [1.82, 2.24) is 4.98 Å². The Morgan fingerprint density at radius 3 is 2.56 bits per heavy atom. The van der Waals surface area contributed by atoms with Crippen molar-refractivity contribution in [1.29, 1.82) is 0 Å². The number of fused-ring (bicyclic) bond motifs is 1. The standard InChI is InChI=1S/C22H21FN2O2/c1-3-27-22(26)19-20(14-8-9-14)24-18-7-5-4-6-17(18)21(19)25(2)16-12-10-15(23)11-13-16/h4-7,10-14H,3,8-9H2,1-2H3. The van der Waals surface area contributed by atoms with Crippen molar-refractivity contribution in [2.75, 3.05) is 18.6 Å². The fourth-order valence-electron chi connectivity index (χ4n) is 3.41. The van der Waals surface area contributed by atoms with Crippen molar-refractivity contribution in [2.24, 2.45) is 0 Å². The summed E-state index contributed by atoms with van der Waals surface area (Å²) in [5.74, 6) is -0.369. The molecule has 138 valence electrons. The minimum Gasteiger partial charge on any atom is -0.462 e. The number of hydrogen-bond acceptors (Lipinski definition) is 4. The largest absolute Gasteiger partial charge is 0.462 e. The second-order valence-electron chi connectivity index (χ2n) is 6.77. The van der Waals surface area contributed by atoms with Crippen LogP contribution in [-0.2, 0) is 4.74 Å². The Morgan fingerprint density at radius 2 is 1.89 bits per heavy atom. The van der Waals surface area contributed by atoms with Crippen LogP contribution in [0.3, 0.4) is 0 Å². The number of hydrogen-bond donors (Lipinski definition) is 0. The average Bonchev–Trinajstić information content (AvgIpc) is 3.52. The fraction of sp³-hybridized carbons (Fsp3) is 0.273. The molecule has 0 unspecified atom stereocenters. The molecule has 3 aromatic rings. The van der Waals surface area contributed by atoms with Gasteiger partial charge in [-0.2, -0.15) is 0 Å². The molecule has 1 aliphatic rings. The first-order valence-corrected chi connectivity index (χ1v) is 9.19. The first-order valence-electron chi connectivity index (χ1n) is 9.19. The number of esters is 1. The third-order valence-corrected chi connectivity index (χ3v) is 4.89. The predicted octanol–water partition coefficient (Wildman–Crippen LogP) is 5.20. The Kier molecular flexibility index (Phi) is 4.52. The van der Waals surface area contributed by atoms with E-state index in [0.717, 1.165) is 40.8 Å². The number of rotatable bonds is 5. The van der Waals surface area contributed by atoms with E-state index in [9.17, 15) is 9.18 Å². The molecule has 4 rings (SSSR count). The van der Waals surface area contributed by atoms with Gasteiger partial charge in [-0.25, -0.2) is 9.18 Å². The maximum atomic E-state index is 13.4. The zero-order valence-electron chi connectivity index (χ0n) is 15.4. The zero-order valence-corrected chi connectivity index (χ0v) is 15.4. The average molecular weight is 364 g/mol. The Hall–Kier alpha value is -2.95. The number of carbonyl (C=O) groups excluding carboxylic acids is 1. The van der Waals surface area contributed by atoms with Gasteiger partial charge < -0.3 is 9.64 Å². The van der Waals surface area contributed by atoms with E-state index in [4.69, 9.17) is 9.72 Å². The van der Waals surface area contributed by atoms with Crippen LogP contribution >= 0.6 is 0 Å². The number of para-hydroxylation sites is 1. The summed E-state index contributed by atoms with van der Waals surface area (Å²) >= 11 is 0. The first kappa shape index (κ1) is 17.5. The molecule has 0 bridgehead atoms. The summed E-state index contributed by atoms with van der Waals surface area (Å²) in [7, 11) is 1.88. The summed E-state index contributed by atoms with van der Waals surface area (Å²) in [5.41, 5.74) is 3.71. The van der Waals surface area contributed by atoms with Gasteiger partial charge in [0.1, 0.15) is 11.4 Å². The summed E-state index contributed by atoms with van der Waals surface area (Å²) in [6.07, 6.45) is 2.05. The maximum Gasteiger partial charge on any atom is 0.342 e. The maximum absolute atomic E-state index is 13.4. The van der Waals surface area contributed by atoms with Gasteiger partial charge >= 0.3 is 5.97 Å². The lowest BCUT2D eigenvalue weighted by Crippen LogP contribution is -2.19. The van der Waals surface area contributed by atoms with Gasteiger partial charge in [-0.1, -0.05) is 18.2 Å². The van der Waals surface area contributed by atoms with E-state index in [0.29, 0.717) is 12.2 Å². The molecule has 0 spiro atoms. The quantitative estimate of drug-likeness (QED) is 0.584. The van der Waals surface area contributed by atoms with Gasteiger partial charge in [0.15, 0.2) is 0 Å². The number of pyridine rings is 1. The Labute approximate surface area is 157 Å². The molecule has 1 aromatic heterocycles. The number of halogens is 1. The summed E-state index contributed by atoms with van der Waals surface area (Å²) in [6.45, 7) is 2.10. The smallest absolute Gasteiger partial charge is 0.342 e. The number of aromatic nitrogens is 1. The number of benzene rings is 2. The van der Waals surface area contributed by atoms with Crippen molar-refractivity contribution < 1.29 is 13.9 Å². The fourth-order valence-corrected chi connectivity index (χ4v) is 3.41.